The highest BCUT2D eigenvalue weighted by Gasteiger charge is 2.22. The van der Waals surface area contributed by atoms with E-state index in [1.54, 1.807) is 4.90 Å². The van der Waals surface area contributed by atoms with Gasteiger partial charge in [0.05, 0.1) is 0 Å². The molecule has 0 bridgehead atoms. The lowest BCUT2D eigenvalue weighted by atomic mass is 10.0. The first-order valence-corrected chi connectivity index (χ1v) is 7.38. The van der Waals surface area contributed by atoms with E-state index in [4.69, 9.17) is 10.5 Å². The Hall–Kier alpha value is -1.97. The van der Waals surface area contributed by atoms with Gasteiger partial charge >= 0.3 is 6.09 Å². The Bertz CT molecular complexity index is 527. The molecule has 0 spiro atoms. The number of rotatable bonds is 1. The molecule has 4 heteroatoms. The van der Waals surface area contributed by atoms with Crippen molar-refractivity contribution in [2.75, 3.05) is 18.8 Å². The Morgan fingerprint density at radius 1 is 1.24 bits per heavy atom. The zero-order chi connectivity index (χ0) is 15.5. The zero-order valence-corrected chi connectivity index (χ0v) is 13.1. The average molecular weight is 288 g/mol. The second-order valence-electron chi connectivity index (χ2n) is 6.38. The predicted octanol–water partition coefficient (Wildman–Crippen LogP) is 3.68. The number of amides is 1. The second kappa shape index (κ2) is 6.20. The van der Waals surface area contributed by atoms with E-state index < -0.39 is 5.60 Å². The van der Waals surface area contributed by atoms with Gasteiger partial charge in [-0.2, -0.15) is 0 Å². The molecule has 0 unspecified atom stereocenters. The van der Waals surface area contributed by atoms with Crippen molar-refractivity contribution in [2.24, 2.45) is 0 Å². The summed E-state index contributed by atoms with van der Waals surface area (Å²) in [6, 6.07) is 7.88. The van der Waals surface area contributed by atoms with Gasteiger partial charge in [0.25, 0.3) is 0 Å². The van der Waals surface area contributed by atoms with E-state index in [9.17, 15) is 4.79 Å². The Morgan fingerprint density at radius 2 is 1.90 bits per heavy atom. The number of benzene rings is 1. The minimum atomic E-state index is -0.451. The van der Waals surface area contributed by atoms with Gasteiger partial charge in [-0.15, -0.1) is 0 Å². The summed E-state index contributed by atoms with van der Waals surface area (Å²) in [6.07, 6.45) is 3.78. The van der Waals surface area contributed by atoms with Crippen molar-refractivity contribution in [1.29, 1.82) is 0 Å². The van der Waals surface area contributed by atoms with E-state index in [1.807, 2.05) is 45.0 Å². The third-order valence-electron chi connectivity index (χ3n) is 3.37. The van der Waals surface area contributed by atoms with Crippen molar-refractivity contribution in [1.82, 2.24) is 4.90 Å². The van der Waals surface area contributed by atoms with Crippen molar-refractivity contribution in [3.8, 4) is 0 Å². The molecule has 0 saturated carbocycles. The van der Waals surface area contributed by atoms with Gasteiger partial charge in [-0.25, -0.2) is 4.79 Å². The molecule has 0 saturated heterocycles. The number of carbonyl (C=O) groups is 1. The first-order valence-electron chi connectivity index (χ1n) is 7.38. The first-order chi connectivity index (χ1) is 9.85. The first kappa shape index (κ1) is 15.4. The van der Waals surface area contributed by atoms with Crippen LogP contribution in [0.4, 0.5) is 10.5 Å². The van der Waals surface area contributed by atoms with Gasteiger partial charge in [-0.3, -0.25) is 0 Å². The monoisotopic (exact) mass is 288 g/mol. The van der Waals surface area contributed by atoms with Gasteiger partial charge in [0.2, 0.25) is 0 Å². The lowest BCUT2D eigenvalue weighted by Gasteiger charge is -2.25. The third kappa shape index (κ3) is 4.52. The van der Waals surface area contributed by atoms with Crippen LogP contribution in [-0.2, 0) is 4.74 Å². The van der Waals surface area contributed by atoms with E-state index in [0.717, 1.165) is 25.1 Å². The molecule has 1 aromatic carbocycles. The molecule has 1 aromatic rings. The number of nitrogens with two attached hydrogens (primary N) is 1. The molecule has 0 aromatic heterocycles. The van der Waals surface area contributed by atoms with E-state index in [1.165, 1.54) is 11.1 Å². The molecule has 0 radical (unpaired) electrons. The van der Waals surface area contributed by atoms with E-state index in [-0.39, 0.29) is 6.09 Å². The summed E-state index contributed by atoms with van der Waals surface area (Å²) in [6.45, 7) is 6.98. The van der Waals surface area contributed by atoms with Crippen LogP contribution < -0.4 is 5.73 Å². The summed E-state index contributed by atoms with van der Waals surface area (Å²) in [5.74, 6) is 0. The summed E-state index contributed by atoms with van der Waals surface area (Å²) < 4.78 is 5.43. The molecule has 1 aliphatic heterocycles. The summed E-state index contributed by atoms with van der Waals surface area (Å²) in [7, 11) is 0. The van der Waals surface area contributed by atoms with E-state index >= 15 is 0 Å². The highest BCUT2D eigenvalue weighted by atomic mass is 16.6. The Labute approximate surface area is 126 Å². The number of ether oxygens (including phenoxy) is 1. The molecule has 2 N–H and O–H groups in total. The molecular weight excluding hydrogens is 264 g/mol. The number of hydrogen-bond donors (Lipinski definition) is 1. The fraction of sp³-hybridized carbons (Fsp3) is 0.471. The summed E-state index contributed by atoms with van der Waals surface area (Å²) in [5.41, 5.74) is 8.48. The molecule has 4 nitrogen and oxygen atoms in total. The Morgan fingerprint density at radius 3 is 2.52 bits per heavy atom. The second-order valence-corrected chi connectivity index (χ2v) is 6.38. The lowest BCUT2D eigenvalue weighted by Crippen LogP contribution is -2.37. The van der Waals surface area contributed by atoms with Crippen LogP contribution in [0.15, 0.2) is 30.3 Å². The average Bonchev–Trinajstić information content (AvgIpc) is 2.63. The van der Waals surface area contributed by atoms with Crippen LogP contribution in [0.25, 0.3) is 5.57 Å². The molecule has 0 atom stereocenters. The van der Waals surface area contributed by atoms with Crippen LogP contribution in [0.3, 0.4) is 0 Å². The van der Waals surface area contributed by atoms with Crippen molar-refractivity contribution >= 4 is 17.4 Å². The standard InChI is InChI=1S/C17H24N2O2/c1-17(2,3)21-16(20)19-11-4-5-13(10-12-19)14-6-8-15(18)9-7-14/h6-10H,4-5,11-12,18H2,1-3H3. The number of nitrogens with zero attached hydrogens (tertiary/aromatic N) is 1. The number of hydrogen-bond acceptors (Lipinski definition) is 3. The summed E-state index contributed by atoms with van der Waals surface area (Å²) >= 11 is 0. The van der Waals surface area contributed by atoms with Crippen molar-refractivity contribution in [3.05, 3.63) is 35.9 Å². The van der Waals surface area contributed by atoms with Gasteiger partial charge in [0, 0.05) is 18.8 Å². The minimum Gasteiger partial charge on any atom is -0.444 e. The maximum absolute atomic E-state index is 12.1. The highest BCUT2D eigenvalue weighted by molar-refractivity contribution is 5.71. The number of allylic oxidation sites excluding steroid dienone is 1. The van der Waals surface area contributed by atoms with Gasteiger partial charge in [0.1, 0.15) is 5.60 Å². The molecule has 0 aliphatic carbocycles. The van der Waals surface area contributed by atoms with Crippen molar-refractivity contribution in [2.45, 2.75) is 39.2 Å². The van der Waals surface area contributed by atoms with Crippen LogP contribution in [-0.4, -0.2) is 29.7 Å². The maximum atomic E-state index is 12.1. The minimum absolute atomic E-state index is 0.239. The van der Waals surface area contributed by atoms with Crippen LogP contribution >= 0.6 is 0 Å². The van der Waals surface area contributed by atoms with Crippen LogP contribution in [0, 0.1) is 0 Å². The van der Waals surface area contributed by atoms with Crippen LogP contribution in [0.5, 0.6) is 0 Å². The van der Waals surface area contributed by atoms with Crippen LogP contribution in [0.1, 0.15) is 39.2 Å². The molecular formula is C17H24N2O2. The van der Waals surface area contributed by atoms with Crippen molar-refractivity contribution < 1.29 is 9.53 Å². The number of nitrogen functional groups attached to an aromatic ring is 1. The molecule has 1 amide bonds. The van der Waals surface area contributed by atoms with E-state index in [2.05, 4.69) is 6.08 Å². The topological polar surface area (TPSA) is 55.6 Å². The molecule has 114 valence electrons. The fourth-order valence-electron chi connectivity index (χ4n) is 2.33. The van der Waals surface area contributed by atoms with Gasteiger partial charge < -0.3 is 15.4 Å². The predicted molar refractivity (Wildman–Crippen MR) is 85.9 cm³/mol. The smallest absolute Gasteiger partial charge is 0.410 e. The highest BCUT2D eigenvalue weighted by Crippen LogP contribution is 2.24. The molecule has 21 heavy (non-hydrogen) atoms. The Kier molecular flexibility index (Phi) is 4.56. The quantitative estimate of drug-likeness (QED) is 0.802. The van der Waals surface area contributed by atoms with Gasteiger partial charge in [0.15, 0.2) is 0 Å². The maximum Gasteiger partial charge on any atom is 0.410 e. The fourth-order valence-corrected chi connectivity index (χ4v) is 2.33. The largest absolute Gasteiger partial charge is 0.444 e. The van der Waals surface area contributed by atoms with Gasteiger partial charge in [-0.05, 0) is 56.9 Å². The summed E-state index contributed by atoms with van der Waals surface area (Å²) in [5, 5.41) is 0. The molecule has 1 heterocycles. The lowest BCUT2D eigenvalue weighted by molar-refractivity contribution is 0.0273. The molecule has 2 rings (SSSR count). The number of anilines is 1. The molecule has 1 aliphatic rings. The zero-order valence-electron chi connectivity index (χ0n) is 13.1. The third-order valence-corrected chi connectivity index (χ3v) is 3.37. The normalized spacial score (nSPS) is 16.1. The Balaban J connectivity index is 2.06. The van der Waals surface area contributed by atoms with Gasteiger partial charge in [-0.1, -0.05) is 18.2 Å². The summed E-state index contributed by atoms with van der Waals surface area (Å²) in [4.78, 5) is 13.9. The van der Waals surface area contributed by atoms with Crippen molar-refractivity contribution in [3.63, 3.8) is 0 Å². The van der Waals surface area contributed by atoms with Crippen LogP contribution in [0.2, 0.25) is 0 Å². The SMILES string of the molecule is CC(C)(C)OC(=O)N1CC=C(c2ccc(N)cc2)CCC1. The number of carbonyl (C=O) groups excluding carboxylic acids is 1. The molecule has 0 fully saturated rings. The van der Waals surface area contributed by atoms with E-state index in [0.29, 0.717) is 6.54 Å².